The van der Waals surface area contributed by atoms with Gasteiger partial charge in [0.2, 0.25) is 0 Å². The summed E-state index contributed by atoms with van der Waals surface area (Å²) in [6.45, 7) is 4.12. The van der Waals surface area contributed by atoms with Crippen LogP contribution in [0.4, 0.5) is 4.39 Å². The maximum absolute atomic E-state index is 13.4. The summed E-state index contributed by atoms with van der Waals surface area (Å²) in [7, 11) is 0. The average molecular weight is 301 g/mol. The molecule has 1 atom stereocenters. The zero-order chi connectivity index (χ0) is 12.4. The Kier molecular flexibility index (Phi) is 3.79. The summed E-state index contributed by atoms with van der Waals surface area (Å²) in [5, 5.41) is 3.26. The number of amides is 1. The van der Waals surface area contributed by atoms with Gasteiger partial charge < -0.3 is 10.2 Å². The van der Waals surface area contributed by atoms with Crippen LogP contribution in [0.1, 0.15) is 17.3 Å². The lowest BCUT2D eigenvalue weighted by molar-refractivity contribution is 0.0707. The van der Waals surface area contributed by atoms with E-state index >= 15 is 0 Å². The zero-order valence-electron chi connectivity index (χ0n) is 9.54. The highest BCUT2D eigenvalue weighted by Crippen LogP contribution is 2.22. The van der Waals surface area contributed by atoms with Crippen molar-refractivity contribution in [2.45, 2.75) is 13.0 Å². The van der Waals surface area contributed by atoms with E-state index in [1.807, 2.05) is 6.92 Å². The van der Waals surface area contributed by atoms with E-state index in [9.17, 15) is 9.18 Å². The number of hydrogen-bond acceptors (Lipinski definition) is 2. The highest BCUT2D eigenvalue weighted by Gasteiger charge is 2.23. The Hall–Kier alpha value is -0.940. The molecule has 1 aromatic rings. The molecule has 1 fully saturated rings. The third-order valence-electron chi connectivity index (χ3n) is 2.84. The van der Waals surface area contributed by atoms with Gasteiger partial charge in [-0.2, -0.15) is 0 Å². The predicted octanol–water partition coefficient (Wildman–Crippen LogP) is 2.02. The number of piperazine rings is 1. The van der Waals surface area contributed by atoms with Gasteiger partial charge >= 0.3 is 0 Å². The molecule has 0 aromatic heterocycles. The summed E-state index contributed by atoms with van der Waals surface area (Å²) in [6.07, 6.45) is 0. The highest BCUT2D eigenvalue weighted by molar-refractivity contribution is 9.10. The van der Waals surface area contributed by atoms with Crippen LogP contribution in [0.25, 0.3) is 0 Å². The van der Waals surface area contributed by atoms with Crippen LogP contribution < -0.4 is 5.32 Å². The van der Waals surface area contributed by atoms with Crippen LogP contribution in [0.15, 0.2) is 22.7 Å². The Morgan fingerprint density at radius 3 is 3.06 bits per heavy atom. The second-order valence-electron chi connectivity index (χ2n) is 4.21. The third kappa shape index (κ3) is 2.66. The van der Waals surface area contributed by atoms with Gasteiger partial charge in [0.1, 0.15) is 5.82 Å². The second kappa shape index (κ2) is 5.14. The molecule has 0 aliphatic carbocycles. The zero-order valence-corrected chi connectivity index (χ0v) is 11.1. The topological polar surface area (TPSA) is 32.3 Å². The van der Waals surface area contributed by atoms with Crippen LogP contribution in [0, 0.1) is 5.82 Å². The highest BCUT2D eigenvalue weighted by atomic mass is 79.9. The molecule has 17 heavy (non-hydrogen) atoms. The minimum atomic E-state index is -0.404. The van der Waals surface area contributed by atoms with E-state index in [2.05, 4.69) is 21.2 Å². The molecule has 0 radical (unpaired) electrons. The molecule has 1 saturated heterocycles. The lowest BCUT2D eigenvalue weighted by Gasteiger charge is -2.32. The van der Waals surface area contributed by atoms with Gasteiger partial charge in [0.15, 0.2) is 0 Å². The summed E-state index contributed by atoms with van der Waals surface area (Å²) in [5.74, 6) is -0.524. The minimum Gasteiger partial charge on any atom is -0.336 e. The van der Waals surface area contributed by atoms with Gasteiger partial charge in [0, 0.05) is 25.7 Å². The van der Waals surface area contributed by atoms with Gasteiger partial charge in [-0.15, -0.1) is 0 Å². The molecule has 0 bridgehead atoms. The van der Waals surface area contributed by atoms with E-state index in [1.165, 1.54) is 6.07 Å². The van der Waals surface area contributed by atoms with Crippen molar-refractivity contribution in [2.24, 2.45) is 0 Å². The SMILES string of the molecule is C[C@H]1CN(C(=O)c2cccc(F)c2Br)CCN1. The monoisotopic (exact) mass is 300 g/mol. The molecule has 1 heterocycles. The molecule has 1 aliphatic rings. The molecule has 3 nitrogen and oxygen atoms in total. The first-order valence-corrected chi connectivity index (χ1v) is 6.35. The van der Waals surface area contributed by atoms with Gasteiger partial charge in [-0.3, -0.25) is 4.79 Å². The Morgan fingerprint density at radius 2 is 2.35 bits per heavy atom. The van der Waals surface area contributed by atoms with Crippen molar-refractivity contribution in [1.29, 1.82) is 0 Å². The van der Waals surface area contributed by atoms with Crippen molar-refractivity contribution in [3.8, 4) is 0 Å². The summed E-state index contributed by atoms with van der Waals surface area (Å²) in [5.41, 5.74) is 0.388. The van der Waals surface area contributed by atoms with Crippen molar-refractivity contribution in [3.63, 3.8) is 0 Å². The molecule has 1 aliphatic heterocycles. The number of benzene rings is 1. The van der Waals surface area contributed by atoms with Gasteiger partial charge in [-0.25, -0.2) is 4.39 Å². The maximum Gasteiger partial charge on any atom is 0.255 e. The van der Waals surface area contributed by atoms with E-state index in [-0.39, 0.29) is 16.4 Å². The average Bonchev–Trinajstić information content (AvgIpc) is 2.32. The normalized spacial score (nSPS) is 20.4. The molecule has 0 saturated carbocycles. The Bertz CT molecular complexity index is 439. The first kappa shape index (κ1) is 12.5. The molecule has 2 rings (SSSR count). The molecular weight excluding hydrogens is 287 g/mol. The van der Waals surface area contributed by atoms with Gasteiger partial charge in [-0.1, -0.05) is 6.07 Å². The van der Waals surface area contributed by atoms with Gasteiger partial charge in [-0.05, 0) is 35.0 Å². The molecular formula is C12H14BrFN2O. The van der Waals surface area contributed by atoms with Crippen LogP contribution in [0.5, 0.6) is 0 Å². The molecule has 5 heteroatoms. The smallest absolute Gasteiger partial charge is 0.255 e. The number of halogens is 2. The van der Waals surface area contributed by atoms with Crippen LogP contribution in [-0.4, -0.2) is 36.5 Å². The lowest BCUT2D eigenvalue weighted by atomic mass is 10.1. The molecule has 1 amide bonds. The summed E-state index contributed by atoms with van der Waals surface area (Å²) in [6, 6.07) is 4.81. The van der Waals surface area contributed by atoms with Crippen molar-refractivity contribution < 1.29 is 9.18 Å². The lowest BCUT2D eigenvalue weighted by Crippen LogP contribution is -2.51. The number of carbonyl (C=O) groups is 1. The molecule has 0 spiro atoms. The Balaban J connectivity index is 2.22. The standard InChI is InChI=1S/C12H14BrFN2O/c1-8-7-16(6-5-15-8)12(17)9-3-2-4-10(14)11(9)13/h2-4,8,15H,5-7H2,1H3/t8-/m0/s1. The number of hydrogen-bond donors (Lipinski definition) is 1. The van der Waals surface area contributed by atoms with Crippen LogP contribution in [0.3, 0.4) is 0 Å². The summed E-state index contributed by atoms with van der Waals surface area (Å²) in [4.78, 5) is 14.0. The fourth-order valence-electron chi connectivity index (χ4n) is 1.96. The van der Waals surface area contributed by atoms with E-state index < -0.39 is 5.82 Å². The summed E-state index contributed by atoms with van der Waals surface area (Å²) >= 11 is 3.12. The van der Waals surface area contributed by atoms with Crippen molar-refractivity contribution in [1.82, 2.24) is 10.2 Å². The van der Waals surface area contributed by atoms with Gasteiger partial charge in [0.05, 0.1) is 10.0 Å². The molecule has 0 unspecified atom stereocenters. The number of nitrogens with zero attached hydrogens (tertiary/aromatic N) is 1. The van der Waals surface area contributed by atoms with Crippen LogP contribution in [0.2, 0.25) is 0 Å². The van der Waals surface area contributed by atoms with Gasteiger partial charge in [0.25, 0.3) is 5.91 Å². The first-order valence-electron chi connectivity index (χ1n) is 5.56. The summed E-state index contributed by atoms with van der Waals surface area (Å²) < 4.78 is 13.6. The number of carbonyl (C=O) groups excluding carboxylic acids is 1. The minimum absolute atomic E-state index is 0.121. The van der Waals surface area contributed by atoms with Crippen LogP contribution >= 0.6 is 15.9 Å². The first-order chi connectivity index (χ1) is 8.09. The van der Waals surface area contributed by atoms with E-state index in [0.717, 1.165) is 6.54 Å². The third-order valence-corrected chi connectivity index (χ3v) is 3.64. The maximum atomic E-state index is 13.4. The fourth-order valence-corrected chi connectivity index (χ4v) is 2.39. The number of nitrogens with one attached hydrogen (secondary N) is 1. The van der Waals surface area contributed by atoms with E-state index in [0.29, 0.717) is 18.7 Å². The van der Waals surface area contributed by atoms with Crippen molar-refractivity contribution in [2.75, 3.05) is 19.6 Å². The largest absolute Gasteiger partial charge is 0.336 e. The Labute approximate surface area is 108 Å². The quantitative estimate of drug-likeness (QED) is 0.861. The Morgan fingerprint density at radius 1 is 1.59 bits per heavy atom. The predicted molar refractivity (Wildman–Crippen MR) is 67.5 cm³/mol. The second-order valence-corrected chi connectivity index (χ2v) is 5.00. The van der Waals surface area contributed by atoms with E-state index in [1.54, 1.807) is 17.0 Å². The molecule has 1 aromatic carbocycles. The van der Waals surface area contributed by atoms with Crippen molar-refractivity contribution >= 4 is 21.8 Å². The van der Waals surface area contributed by atoms with Crippen molar-refractivity contribution in [3.05, 3.63) is 34.1 Å². The molecule has 92 valence electrons. The van der Waals surface area contributed by atoms with Crippen LogP contribution in [-0.2, 0) is 0 Å². The fraction of sp³-hybridized carbons (Fsp3) is 0.417. The molecule has 1 N–H and O–H groups in total. The van der Waals surface area contributed by atoms with E-state index in [4.69, 9.17) is 0 Å². The number of rotatable bonds is 1.